The van der Waals surface area contributed by atoms with Crippen LogP contribution in [0, 0.1) is 6.92 Å². The standard InChI is InChI=1S/C26H22N2O3/c1-16-6-8-17(9-7-16)25-24-20(19-4-2-3-5-21(19)27-24)12-13-28(25)26(29)18-10-11-22-23(14-18)31-15-30-22/h2-11,14,25,27H,12-13,15H2,1H3/t25-/m1/s1. The average Bonchev–Trinajstić information content (AvgIpc) is 3.42. The summed E-state index contributed by atoms with van der Waals surface area (Å²) in [5.41, 5.74) is 6.43. The van der Waals surface area contributed by atoms with Crippen LogP contribution in [0.1, 0.15) is 38.8 Å². The van der Waals surface area contributed by atoms with Crippen molar-refractivity contribution in [2.24, 2.45) is 0 Å². The maximum atomic E-state index is 13.7. The van der Waals surface area contributed by atoms with Gasteiger partial charge in [-0.15, -0.1) is 0 Å². The lowest BCUT2D eigenvalue weighted by Gasteiger charge is -2.36. The van der Waals surface area contributed by atoms with E-state index in [1.807, 2.05) is 23.1 Å². The molecule has 4 aromatic rings. The highest BCUT2D eigenvalue weighted by molar-refractivity contribution is 5.96. The molecule has 3 aromatic carbocycles. The summed E-state index contributed by atoms with van der Waals surface area (Å²) in [5.74, 6) is 1.30. The van der Waals surface area contributed by atoms with Gasteiger partial charge in [-0.25, -0.2) is 0 Å². The smallest absolute Gasteiger partial charge is 0.254 e. The molecule has 1 amide bonds. The molecule has 0 bridgehead atoms. The van der Waals surface area contributed by atoms with Crippen LogP contribution in [0.2, 0.25) is 0 Å². The number of hydrogen-bond donors (Lipinski definition) is 1. The molecule has 154 valence electrons. The first-order chi connectivity index (χ1) is 15.2. The molecule has 1 atom stereocenters. The topological polar surface area (TPSA) is 54.6 Å². The number of fused-ring (bicyclic) bond motifs is 4. The SMILES string of the molecule is Cc1ccc([C@@H]2c3[nH]c4ccccc4c3CCN2C(=O)c2ccc3c(c2)OCO3)cc1. The van der Waals surface area contributed by atoms with Crippen LogP contribution < -0.4 is 9.47 Å². The number of H-pyrrole nitrogens is 1. The molecule has 1 N–H and O–H groups in total. The van der Waals surface area contributed by atoms with Crippen LogP contribution >= 0.6 is 0 Å². The Morgan fingerprint density at radius 2 is 1.81 bits per heavy atom. The second-order valence-electron chi connectivity index (χ2n) is 8.19. The summed E-state index contributed by atoms with van der Waals surface area (Å²) >= 11 is 0. The Kier molecular flexibility index (Phi) is 4.03. The largest absolute Gasteiger partial charge is 0.454 e. The van der Waals surface area contributed by atoms with E-state index in [4.69, 9.17) is 9.47 Å². The van der Waals surface area contributed by atoms with Gasteiger partial charge in [0, 0.05) is 28.7 Å². The van der Waals surface area contributed by atoms with Crippen LogP contribution in [-0.2, 0) is 6.42 Å². The first-order valence-corrected chi connectivity index (χ1v) is 10.6. The minimum atomic E-state index is -0.172. The summed E-state index contributed by atoms with van der Waals surface area (Å²) < 4.78 is 10.9. The average molecular weight is 410 g/mol. The number of carbonyl (C=O) groups is 1. The molecule has 0 aliphatic carbocycles. The van der Waals surface area contributed by atoms with Crippen LogP contribution in [0.3, 0.4) is 0 Å². The minimum absolute atomic E-state index is 0.00631. The van der Waals surface area contributed by atoms with E-state index in [2.05, 4.69) is 54.4 Å². The maximum absolute atomic E-state index is 13.7. The van der Waals surface area contributed by atoms with Gasteiger partial charge >= 0.3 is 0 Å². The molecule has 3 heterocycles. The molecule has 0 saturated heterocycles. The summed E-state index contributed by atoms with van der Waals surface area (Å²) in [5, 5.41) is 1.24. The Hall–Kier alpha value is -3.73. The van der Waals surface area contributed by atoms with Crippen LogP contribution in [0.25, 0.3) is 10.9 Å². The Morgan fingerprint density at radius 3 is 2.68 bits per heavy atom. The lowest BCUT2D eigenvalue weighted by atomic mass is 9.91. The molecule has 1 aromatic heterocycles. The van der Waals surface area contributed by atoms with Crippen molar-refractivity contribution in [3.05, 3.63) is 94.7 Å². The van der Waals surface area contributed by atoms with Crippen molar-refractivity contribution in [3.8, 4) is 11.5 Å². The molecular weight excluding hydrogens is 388 g/mol. The third kappa shape index (κ3) is 2.88. The first-order valence-electron chi connectivity index (χ1n) is 10.6. The van der Waals surface area contributed by atoms with Gasteiger partial charge in [0.1, 0.15) is 0 Å². The van der Waals surface area contributed by atoms with Crippen LogP contribution in [-0.4, -0.2) is 29.1 Å². The normalized spacial score (nSPS) is 17.1. The Balaban J connectivity index is 1.47. The number of nitrogens with zero attached hydrogens (tertiary/aromatic N) is 1. The molecule has 0 fully saturated rings. The van der Waals surface area contributed by atoms with E-state index < -0.39 is 0 Å². The number of aromatic amines is 1. The first kappa shape index (κ1) is 18.1. The van der Waals surface area contributed by atoms with Crippen LogP contribution in [0.15, 0.2) is 66.7 Å². The van der Waals surface area contributed by atoms with Gasteiger partial charge < -0.3 is 19.4 Å². The lowest BCUT2D eigenvalue weighted by Crippen LogP contribution is -2.40. The number of rotatable bonds is 2. The van der Waals surface area contributed by atoms with Gasteiger partial charge in [0.15, 0.2) is 11.5 Å². The number of aromatic nitrogens is 1. The van der Waals surface area contributed by atoms with Crippen LogP contribution in [0.4, 0.5) is 0 Å². The zero-order valence-electron chi connectivity index (χ0n) is 17.2. The fraction of sp³-hybridized carbons (Fsp3) is 0.192. The van der Waals surface area contributed by atoms with E-state index in [0.717, 1.165) is 23.2 Å². The maximum Gasteiger partial charge on any atom is 0.254 e. The minimum Gasteiger partial charge on any atom is -0.454 e. The quantitative estimate of drug-likeness (QED) is 0.506. The third-order valence-electron chi connectivity index (χ3n) is 6.31. The van der Waals surface area contributed by atoms with Crippen molar-refractivity contribution in [1.82, 2.24) is 9.88 Å². The number of ether oxygens (including phenoxy) is 2. The van der Waals surface area contributed by atoms with Crippen molar-refractivity contribution < 1.29 is 14.3 Å². The molecule has 2 aliphatic heterocycles. The number of benzene rings is 3. The Labute approximate surface area is 180 Å². The molecular formula is C26H22N2O3. The second-order valence-corrected chi connectivity index (χ2v) is 8.19. The Bertz CT molecular complexity index is 1310. The van der Waals surface area contributed by atoms with E-state index in [1.54, 1.807) is 6.07 Å². The van der Waals surface area contributed by atoms with Gasteiger partial charge in [-0.05, 0) is 48.7 Å². The fourth-order valence-electron chi connectivity index (χ4n) is 4.75. The molecule has 0 radical (unpaired) electrons. The van der Waals surface area contributed by atoms with Crippen molar-refractivity contribution in [3.63, 3.8) is 0 Å². The predicted molar refractivity (Wildman–Crippen MR) is 119 cm³/mol. The Morgan fingerprint density at radius 1 is 1.00 bits per heavy atom. The molecule has 6 rings (SSSR count). The van der Waals surface area contributed by atoms with E-state index in [9.17, 15) is 4.79 Å². The number of nitrogens with one attached hydrogen (secondary N) is 1. The molecule has 0 unspecified atom stereocenters. The molecule has 31 heavy (non-hydrogen) atoms. The number of carbonyl (C=O) groups excluding carboxylic acids is 1. The van der Waals surface area contributed by atoms with Gasteiger partial charge in [0.25, 0.3) is 5.91 Å². The summed E-state index contributed by atoms with van der Waals surface area (Å²) in [6.07, 6.45) is 0.817. The third-order valence-corrected chi connectivity index (χ3v) is 6.31. The zero-order valence-corrected chi connectivity index (χ0v) is 17.2. The molecule has 2 aliphatic rings. The van der Waals surface area contributed by atoms with Gasteiger partial charge in [0.2, 0.25) is 6.79 Å². The van der Waals surface area contributed by atoms with Crippen molar-refractivity contribution in [1.29, 1.82) is 0 Å². The summed E-state index contributed by atoms with van der Waals surface area (Å²) in [6.45, 7) is 2.93. The summed E-state index contributed by atoms with van der Waals surface area (Å²) in [7, 11) is 0. The van der Waals surface area contributed by atoms with Gasteiger partial charge in [0.05, 0.1) is 6.04 Å². The van der Waals surface area contributed by atoms with E-state index in [1.165, 1.54) is 16.5 Å². The van der Waals surface area contributed by atoms with Crippen molar-refractivity contribution >= 4 is 16.8 Å². The highest BCUT2D eigenvalue weighted by Crippen LogP contribution is 2.40. The van der Waals surface area contributed by atoms with E-state index in [-0.39, 0.29) is 18.7 Å². The molecule has 5 heteroatoms. The van der Waals surface area contributed by atoms with Gasteiger partial charge in [-0.2, -0.15) is 0 Å². The van der Waals surface area contributed by atoms with Crippen molar-refractivity contribution in [2.45, 2.75) is 19.4 Å². The highest BCUT2D eigenvalue weighted by atomic mass is 16.7. The predicted octanol–water partition coefficient (Wildman–Crippen LogP) is 4.99. The molecule has 0 spiro atoms. The molecule has 0 saturated carbocycles. The van der Waals surface area contributed by atoms with Gasteiger partial charge in [-0.3, -0.25) is 4.79 Å². The molecule has 5 nitrogen and oxygen atoms in total. The second kappa shape index (κ2) is 6.91. The summed E-state index contributed by atoms with van der Waals surface area (Å²) in [4.78, 5) is 19.3. The van der Waals surface area contributed by atoms with E-state index in [0.29, 0.717) is 23.6 Å². The van der Waals surface area contributed by atoms with Crippen molar-refractivity contribution in [2.75, 3.05) is 13.3 Å². The number of aryl methyl sites for hydroxylation is 1. The van der Waals surface area contributed by atoms with Gasteiger partial charge in [-0.1, -0.05) is 48.0 Å². The van der Waals surface area contributed by atoms with Crippen LogP contribution in [0.5, 0.6) is 11.5 Å². The number of amides is 1. The number of para-hydroxylation sites is 1. The fourth-order valence-corrected chi connectivity index (χ4v) is 4.75. The number of hydrogen-bond acceptors (Lipinski definition) is 3. The zero-order chi connectivity index (χ0) is 20.9. The summed E-state index contributed by atoms with van der Waals surface area (Å²) in [6, 6.07) is 22.1. The lowest BCUT2D eigenvalue weighted by molar-refractivity contribution is 0.0691. The monoisotopic (exact) mass is 410 g/mol. The van der Waals surface area contributed by atoms with E-state index >= 15 is 0 Å². The highest BCUT2D eigenvalue weighted by Gasteiger charge is 2.35.